The molecule has 0 atom stereocenters. The maximum atomic E-state index is 13.4. The zero-order valence-electron chi connectivity index (χ0n) is 9.10. The molecular formula is C12H11FN4. The number of rotatable bonds is 3. The Bertz CT molecular complexity index is 568. The van der Waals surface area contributed by atoms with Gasteiger partial charge in [0.05, 0.1) is 17.6 Å². The van der Waals surface area contributed by atoms with Crippen LogP contribution in [0.2, 0.25) is 0 Å². The Kier molecular flexibility index (Phi) is 3.17. The normalized spacial score (nSPS) is 10.2. The van der Waals surface area contributed by atoms with Gasteiger partial charge in [0.2, 0.25) is 0 Å². The highest BCUT2D eigenvalue weighted by atomic mass is 19.1. The fraction of sp³-hybridized carbons (Fsp3) is 0.167. The maximum absolute atomic E-state index is 13.4. The van der Waals surface area contributed by atoms with Crippen molar-refractivity contribution in [1.29, 1.82) is 5.26 Å². The van der Waals surface area contributed by atoms with Crippen molar-refractivity contribution < 1.29 is 4.39 Å². The van der Waals surface area contributed by atoms with Crippen LogP contribution in [0.5, 0.6) is 0 Å². The van der Waals surface area contributed by atoms with Gasteiger partial charge < -0.3 is 10.3 Å². The average Bonchev–Trinajstić information content (AvgIpc) is 2.76. The van der Waals surface area contributed by atoms with Crippen molar-refractivity contribution in [3.8, 4) is 6.07 Å². The van der Waals surface area contributed by atoms with Crippen LogP contribution in [-0.2, 0) is 13.1 Å². The lowest BCUT2D eigenvalue weighted by molar-refractivity contribution is 0.618. The molecule has 4 nitrogen and oxygen atoms in total. The molecule has 1 aromatic carbocycles. The first-order valence-electron chi connectivity index (χ1n) is 5.12. The molecule has 0 bridgehead atoms. The first-order valence-corrected chi connectivity index (χ1v) is 5.12. The molecule has 0 radical (unpaired) electrons. The SMILES string of the molecule is N#Cc1ccc(Cn2cncc2CN)cc1F. The lowest BCUT2D eigenvalue weighted by Crippen LogP contribution is -2.07. The zero-order chi connectivity index (χ0) is 12.3. The average molecular weight is 230 g/mol. The molecule has 2 aromatic rings. The molecule has 1 heterocycles. The van der Waals surface area contributed by atoms with E-state index >= 15 is 0 Å². The molecular weight excluding hydrogens is 219 g/mol. The quantitative estimate of drug-likeness (QED) is 0.866. The van der Waals surface area contributed by atoms with E-state index in [4.69, 9.17) is 11.0 Å². The van der Waals surface area contributed by atoms with Crippen molar-refractivity contribution in [2.24, 2.45) is 5.73 Å². The van der Waals surface area contributed by atoms with E-state index in [1.54, 1.807) is 24.7 Å². The Morgan fingerprint density at radius 3 is 2.94 bits per heavy atom. The van der Waals surface area contributed by atoms with Crippen molar-refractivity contribution in [1.82, 2.24) is 9.55 Å². The number of nitrogens with zero attached hydrogens (tertiary/aromatic N) is 3. The predicted octanol–water partition coefficient (Wildman–Crippen LogP) is 1.40. The van der Waals surface area contributed by atoms with Crippen LogP contribution in [-0.4, -0.2) is 9.55 Å². The van der Waals surface area contributed by atoms with Crippen LogP contribution in [0.4, 0.5) is 4.39 Å². The number of hydrogen-bond donors (Lipinski definition) is 1. The van der Waals surface area contributed by atoms with E-state index in [-0.39, 0.29) is 5.56 Å². The molecule has 0 aliphatic rings. The minimum absolute atomic E-state index is 0.0541. The number of nitrogens with two attached hydrogens (primary N) is 1. The Hall–Kier alpha value is -2.19. The number of aromatic nitrogens is 2. The Morgan fingerprint density at radius 1 is 1.47 bits per heavy atom. The molecule has 0 aliphatic heterocycles. The number of benzene rings is 1. The van der Waals surface area contributed by atoms with Crippen LogP contribution in [0.1, 0.15) is 16.8 Å². The molecule has 86 valence electrons. The van der Waals surface area contributed by atoms with Crippen LogP contribution in [0.3, 0.4) is 0 Å². The van der Waals surface area contributed by atoms with Crippen LogP contribution in [0, 0.1) is 17.1 Å². The zero-order valence-corrected chi connectivity index (χ0v) is 9.10. The van der Waals surface area contributed by atoms with Gasteiger partial charge in [-0.15, -0.1) is 0 Å². The molecule has 0 unspecified atom stereocenters. The summed E-state index contributed by atoms with van der Waals surface area (Å²) in [6.45, 7) is 0.883. The third-order valence-corrected chi connectivity index (χ3v) is 2.51. The third kappa shape index (κ3) is 2.32. The van der Waals surface area contributed by atoms with Gasteiger partial charge in [0.1, 0.15) is 11.9 Å². The predicted molar refractivity (Wildman–Crippen MR) is 60.3 cm³/mol. The van der Waals surface area contributed by atoms with Gasteiger partial charge in [-0.3, -0.25) is 0 Å². The third-order valence-electron chi connectivity index (χ3n) is 2.51. The van der Waals surface area contributed by atoms with E-state index < -0.39 is 5.82 Å². The van der Waals surface area contributed by atoms with Gasteiger partial charge in [0.15, 0.2) is 0 Å². The first-order chi connectivity index (χ1) is 8.24. The van der Waals surface area contributed by atoms with Crippen molar-refractivity contribution in [3.05, 3.63) is 53.4 Å². The smallest absolute Gasteiger partial charge is 0.141 e. The van der Waals surface area contributed by atoms with E-state index in [1.807, 2.05) is 4.57 Å². The van der Waals surface area contributed by atoms with Gasteiger partial charge in [0, 0.05) is 19.3 Å². The minimum Gasteiger partial charge on any atom is -0.329 e. The molecule has 5 heteroatoms. The van der Waals surface area contributed by atoms with E-state index in [1.165, 1.54) is 12.1 Å². The van der Waals surface area contributed by atoms with E-state index in [0.717, 1.165) is 11.3 Å². The summed E-state index contributed by atoms with van der Waals surface area (Å²) in [6.07, 6.45) is 3.33. The van der Waals surface area contributed by atoms with Gasteiger partial charge in [-0.25, -0.2) is 9.37 Å². The summed E-state index contributed by atoms with van der Waals surface area (Å²) < 4.78 is 15.2. The van der Waals surface area contributed by atoms with E-state index in [0.29, 0.717) is 13.1 Å². The van der Waals surface area contributed by atoms with Crippen molar-refractivity contribution >= 4 is 0 Å². The molecule has 0 aliphatic carbocycles. The molecule has 0 saturated heterocycles. The Balaban J connectivity index is 2.25. The van der Waals surface area contributed by atoms with Crippen molar-refractivity contribution in [2.75, 3.05) is 0 Å². The van der Waals surface area contributed by atoms with Crippen LogP contribution in [0.25, 0.3) is 0 Å². The second-order valence-electron chi connectivity index (χ2n) is 3.64. The number of nitriles is 1. The molecule has 0 spiro atoms. The lowest BCUT2D eigenvalue weighted by Gasteiger charge is -2.07. The molecule has 0 amide bonds. The van der Waals surface area contributed by atoms with Crippen LogP contribution >= 0.6 is 0 Å². The topological polar surface area (TPSA) is 67.6 Å². The summed E-state index contributed by atoms with van der Waals surface area (Å²) in [5.41, 5.74) is 7.26. The molecule has 2 N–H and O–H groups in total. The highest BCUT2D eigenvalue weighted by Crippen LogP contribution is 2.11. The first kappa shape index (κ1) is 11.3. The number of hydrogen-bond acceptors (Lipinski definition) is 3. The van der Waals surface area contributed by atoms with Gasteiger partial charge >= 0.3 is 0 Å². The monoisotopic (exact) mass is 230 g/mol. The molecule has 2 rings (SSSR count). The maximum Gasteiger partial charge on any atom is 0.141 e. The number of imidazole rings is 1. The van der Waals surface area contributed by atoms with Gasteiger partial charge in [-0.1, -0.05) is 6.07 Å². The van der Waals surface area contributed by atoms with Crippen LogP contribution < -0.4 is 5.73 Å². The molecule has 0 fully saturated rings. The van der Waals surface area contributed by atoms with Gasteiger partial charge in [-0.05, 0) is 17.7 Å². The fourth-order valence-electron chi connectivity index (χ4n) is 1.60. The summed E-state index contributed by atoms with van der Waals surface area (Å²) in [5.74, 6) is -0.501. The highest BCUT2D eigenvalue weighted by molar-refractivity contribution is 5.33. The summed E-state index contributed by atoms with van der Waals surface area (Å²) in [7, 11) is 0. The lowest BCUT2D eigenvalue weighted by atomic mass is 10.1. The summed E-state index contributed by atoms with van der Waals surface area (Å²) in [6, 6.07) is 6.35. The summed E-state index contributed by atoms with van der Waals surface area (Å²) >= 11 is 0. The van der Waals surface area contributed by atoms with Gasteiger partial charge in [0.25, 0.3) is 0 Å². The van der Waals surface area contributed by atoms with Gasteiger partial charge in [-0.2, -0.15) is 5.26 Å². The van der Waals surface area contributed by atoms with Crippen molar-refractivity contribution in [3.63, 3.8) is 0 Å². The van der Waals surface area contributed by atoms with Crippen LogP contribution in [0.15, 0.2) is 30.7 Å². The Morgan fingerprint density at radius 2 is 2.29 bits per heavy atom. The second-order valence-corrected chi connectivity index (χ2v) is 3.64. The fourth-order valence-corrected chi connectivity index (χ4v) is 1.60. The van der Waals surface area contributed by atoms with Crippen molar-refractivity contribution in [2.45, 2.75) is 13.1 Å². The Labute approximate surface area is 98.1 Å². The summed E-state index contributed by atoms with van der Waals surface area (Å²) in [5, 5.41) is 8.63. The standard InChI is InChI=1S/C12H11FN4/c13-12-3-9(1-2-10(12)4-14)7-17-8-16-6-11(17)5-15/h1-3,6,8H,5,7,15H2. The van der Waals surface area contributed by atoms with E-state index in [9.17, 15) is 4.39 Å². The largest absolute Gasteiger partial charge is 0.329 e. The second kappa shape index (κ2) is 4.76. The number of halogens is 1. The van der Waals surface area contributed by atoms with E-state index in [2.05, 4.69) is 4.98 Å². The molecule has 0 saturated carbocycles. The summed E-state index contributed by atoms with van der Waals surface area (Å²) in [4.78, 5) is 3.98. The molecule has 17 heavy (non-hydrogen) atoms. The molecule has 1 aromatic heterocycles. The highest BCUT2D eigenvalue weighted by Gasteiger charge is 2.05. The minimum atomic E-state index is -0.501.